The van der Waals surface area contributed by atoms with Gasteiger partial charge in [-0.1, -0.05) is 35.9 Å². The standard InChI is InChI=1S/C26H24N2O4/c1-17-4-6-18(7-5-17)15-32-20-9-10-21(23(29)13-20)26-22(14-27-16-28-26)19-8-11-24(30-2)25(12-19)31-3/h4-14,16,29H,15H2,1-3H3. The molecule has 0 radical (unpaired) electrons. The van der Waals surface area contributed by atoms with Gasteiger partial charge in [-0.15, -0.1) is 0 Å². The second-order valence-corrected chi connectivity index (χ2v) is 7.31. The molecule has 6 nitrogen and oxygen atoms in total. The molecule has 0 atom stereocenters. The van der Waals surface area contributed by atoms with Crippen LogP contribution in [0.25, 0.3) is 22.4 Å². The van der Waals surface area contributed by atoms with Gasteiger partial charge in [-0.05, 0) is 42.3 Å². The molecule has 0 amide bonds. The molecule has 0 saturated heterocycles. The SMILES string of the molecule is COc1ccc(-c2cncnc2-c2ccc(OCc3ccc(C)cc3)cc2O)cc1OC. The number of phenols is 1. The van der Waals surface area contributed by atoms with E-state index in [1.807, 2.05) is 55.5 Å². The zero-order valence-corrected chi connectivity index (χ0v) is 18.2. The van der Waals surface area contributed by atoms with Gasteiger partial charge in [0.25, 0.3) is 0 Å². The summed E-state index contributed by atoms with van der Waals surface area (Å²) >= 11 is 0. The number of aromatic hydroxyl groups is 1. The number of hydrogen-bond acceptors (Lipinski definition) is 6. The van der Waals surface area contributed by atoms with Crippen molar-refractivity contribution in [3.8, 4) is 45.4 Å². The van der Waals surface area contributed by atoms with Crippen LogP contribution in [0.15, 0.2) is 73.2 Å². The molecule has 0 aliphatic heterocycles. The molecule has 3 aromatic carbocycles. The van der Waals surface area contributed by atoms with E-state index >= 15 is 0 Å². The fourth-order valence-corrected chi connectivity index (χ4v) is 3.41. The van der Waals surface area contributed by atoms with E-state index in [9.17, 15) is 5.11 Å². The van der Waals surface area contributed by atoms with E-state index in [-0.39, 0.29) is 5.75 Å². The second-order valence-electron chi connectivity index (χ2n) is 7.31. The highest BCUT2D eigenvalue weighted by Crippen LogP contribution is 2.39. The Balaban J connectivity index is 1.62. The average Bonchev–Trinajstić information content (AvgIpc) is 2.83. The fourth-order valence-electron chi connectivity index (χ4n) is 3.41. The molecule has 0 bridgehead atoms. The average molecular weight is 428 g/mol. The summed E-state index contributed by atoms with van der Waals surface area (Å²) < 4.78 is 16.6. The highest BCUT2D eigenvalue weighted by atomic mass is 16.5. The van der Waals surface area contributed by atoms with E-state index in [0.717, 1.165) is 16.7 Å². The molecule has 162 valence electrons. The van der Waals surface area contributed by atoms with Crippen molar-refractivity contribution in [1.29, 1.82) is 0 Å². The lowest BCUT2D eigenvalue weighted by Crippen LogP contribution is -1.96. The number of ether oxygens (including phenoxy) is 3. The Morgan fingerprint density at radius 1 is 0.844 bits per heavy atom. The van der Waals surface area contributed by atoms with Crippen LogP contribution < -0.4 is 14.2 Å². The molecule has 32 heavy (non-hydrogen) atoms. The lowest BCUT2D eigenvalue weighted by atomic mass is 9.99. The molecule has 6 heteroatoms. The van der Waals surface area contributed by atoms with Crippen LogP contribution in [0, 0.1) is 6.92 Å². The third-order valence-electron chi connectivity index (χ3n) is 5.16. The van der Waals surface area contributed by atoms with E-state index in [4.69, 9.17) is 14.2 Å². The second kappa shape index (κ2) is 9.39. The van der Waals surface area contributed by atoms with Gasteiger partial charge < -0.3 is 19.3 Å². The molecule has 1 N–H and O–H groups in total. The van der Waals surface area contributed by atoms with Crippen molar-refractivity contribution >= 4 is 0 Å². The Hall–Kier alpha value is -4.06. The molecule has 4 rings (SSSR count). The third kappa shape index (κ3) is 4.49. The largest absolute Gasteiger partial charge is 0.507 e. The van der Waals surface area contributed by atoms with Crippen molar-refractivity contribution in [2.45, 2.75) is 13.5 Å². The van der Waals surface area contributed by atoms with Gasteiger partial charge in [-0.3, -0.25) is 0 Å². The van der Waals surface area contributed by atoms with Crippen LogP contribution in [0.5, 0.6) is 23.0 Å². The predicted molar refractivity (Wildman–Crippen MR) is 123 cm³/mol. The topological polar surface area (TPSA) is 73.7 Å². The molecule has 0 unspecified atom stereocenters. The number of methoxy groups -OCH3 is 2. The zero-order valence-electron chi connectivity index (χ0n) is 18.2. The minimum Gasteiger partial charge on any atom is -0.507 e. The van der Waals surface area contributed by atoms with Crippen LogP contribution in [0.2, 0.25) is 0 Å². The number of phenolic OH excluding ortho intramolecular Hbond substituents is 1. The maximum absolute atomic E-state index is 10.7. The maximum atomic E-state index is 10.7. The van der Waals surface area contributed by atoms with Crippen LogP contribution in [-0.2, 0) is 6.61 Å². The Morgan fingerprint density at radius 3 is 2.34 bits per heavy atom. The summed E-state index contributed by atoms with van der Waals surface area (Å²) in [6.45, 7) is 2.47. The van der Waals surface area contributed by atoms with Crippen LogP contribution >= 0.6 is 0 Å². The van der Waals surface area contributed by atoms with Crippen LogP contribution in [0.1, 0.15) is 11.1 Å². The zero-order chi connectivity index (χ0) is 22.5. The molecule has 0 aliphatic carbocycles. The van der Waals surface area contributed by atoms with E-state index < -0.39 is 0 Å². The summed E-state index contributed by atoms with van der Waals surface area (Å²) in [5.41, 5.74) is 5.06. The highest BCUT2D eigenvalue weighted by Gasteiger charge is 2.15. The Kier molecular flexibility index (Phi) is 6.22. The summed E-state index contributed by atoms with van der Waals surface area (Å²) in [6, 6.07) is 19.0. The quantitative estimate of drug-likeness (QED) is 0.424. The van der Waals surface area contributed by atoms with Gasteiger partial charge in [0.05, 0.1) is 19.9 Å². The van der Waals surface area contributed by atoms with Crippen molar-refractivity contribution in [2.24, 2.45) is 0 Å². The molecule has 0 fully saturated rings. The van der Waals surface area contributed by atoms with Crippen LogP contribution in [-0.4, -0.2) is 29.3 Å². The highest BCUT2D eigenvalue weighted by molar-refractivity contribution is 5.83. The van der Waals surface area contributed by atoms with Crippen molar-refractivity contribution < 1.29 is 19.3 Å². The normalized spacial score (nSPS) is 10.6. The first-order valence-electron chi connectivity index (χ1n) is 10.1. The van der Waals surface area contributed by atoms with Gasteiger partial charge in [-0.25, -0.2) is 9.97 Å². The van der Waals surface area contributed by atoms with Crippen LogP contribution in [0.3, 0.4) is 0 Å². The molecule has 4 aromatic rings. The molecule has 0 aliphatic rings. The summed E-state index contributed by atoms with van der Waals surface area (Å²) in [4.78, 5) is 8.60. The first-order chi connectivity index (χ1) is 15.6. The molecular formula is C26H24N2O4. The maximum Gasteiger partial charge on any atom is 0.161 e. The summed E-state index contributed by atoms with van der Waals surface area (Å²) in [7, 11) is 3.18. The van der Waals surface area contributed by atoms with Gasteiger partial charge in [0.2, 0.25) is 0 Å². The van der Waals surface area contributed by atoms with Crippen molar-refractivity contribution in [1.82, 2.24) is 9.97 Å². The lowest BCUT2D eigenvalue weighted by Gasteiger charge is -2.13. The van der Waals surface area contributed by atoms with Crippen molar-refractivity contribution in [2.75, 3.05) is 14.2 Å². The number of aryl methyl sites for hydroxylation is 1. The minimum atomic E-state index is 0.0758. The molecular weight excluding hydrogens is 404 g/mol. The van der Waals surface area contributed by atoms with Crippen LogP contribution in [0.4, 0.5) is 0 Å². The number of nitrogens with zero attached hydrogens (tertiary/aromatic N) is 2. The van der Waals surface area contributed by atoms with E-state index in [1.54, 1.807) is 32.5 Å². The van der Waals surface area contributed by atoms with Crippen molar-refractivity contribution in [3.63, 3.8) is 0 Å². The number of hydrogen-bond donors (Lipinski definition) is 1. The summed E-state index contributed by atoms with van der Waals surface area (Å²) in [5.74, 6) is 1.89. The fraction of sp³-hybridized carbons (Fsp3) is 0.154. The van der Waals surface area contributed by atoms with E-state index in [0.29, 0.717) is 35.1 Å². The predicted octanol–water partition coefficient (Wildman–Crippen LogP) is 5.42. The molecule has 0 saturated carbocycles. The Morgan fingerprint density at radius 2 is 1.62 bits per heavy atom. The monoisotopic (exact) mass is 428 g/mol. The Bertz CT molecular complexity index is 1220. The van der Waals surface area contributed by atoms with Crippen molar-refractivity contribution in [3.05, 3.63) is 84.3 Å². The minimum absolute atomic E-state index is 0.0758. The van der Waals surface area contributed by atoms with Gasteiger partial charge in [0, 0.05) is 23.4 Å². The molecule has 1 heterocycles. The third-order valence-corrected chi connectivity index (χ3v) is 5.16. The van der Waals surface area contributed by atoms with Gasteiger partial charge in [-0.2, -0.15) is 0 Å². The van der Waals surface area contributed by atoms with Gasteiger partial charge >= 0.3 is 0 Å². The lowest BCUT2D eigenvalue weighted by molar-refractivity contribution is 0.304. The van der Waals surface area contributed by atoms with E-state index in [2.05, 4.69) is 9.97 Å². The number of rotatable bonds is 7. The smallest absolute Gasteiger partial charge is 0.161 e. The van der Waals surface area contributed by atoms with E-state index in [1.165, 1.54) is 11.9 Å². The first-order valence-corrected chi connectivity index (χ1v) is 10.1. The molecule has 1 aromatic heterocycles. The van der Waals surface area contributed by atoms with Gasteiger partial charge in [0.15, 0.2) is 11.5 Å². The number of aromatic nitrogens is 2. The number of benzene rings is 3. The summed E-state index contributed by atoms with van der Waals surface area (Å²) in [5, 5.41) is 10.7. The Labute approximate surface area is 187 Å². The summed E-state index contributed by atoms with van der Waals surface area (Å²) in [6.07, 6.45) is 3.17. The van der Waals surface area contributed by atoms with Gasteiger partial charge in [0.1, 0.15) is 24.4 Å². The first kappa shape index (κ1) is 21.2. The molecule has 0 spiro atoms.